The van der Waals surface area contributed by atoms with Crippen LogP contribution < -0.4 is 10.1 Å². The Morgan fingerprint density at radius 3 is 2.24 bits per heavy atom. The third-order valence-electron chi connectivity index (χ3n) is 6.05. The van der Waals surface area contributed by atoms with Crippen LogP contribution in [-0.2, 0) is 14.8 Å². The topological polar surface area (TPSA) is 110 Å². The Bertz CT molecular complexity index is 1510. The first kappa shape index (κ1) is 26.8. The third kappa shape index (κ3) is 5.38. The van der Waals surface area contributed by atoms with E-state index in [4.69, 9.17) is 4.74 Å². The number of hydrogen-bond donors (Lipinski definition) is 1. The number of nitrogens with one attached hydrogen (secondary N) is 1. The number of allylic oxidation sites excluding steroid dienone is 1. The van der Waals surface area contributed by atoms with Crippen molar-refractivity contribution in [2.75, 3.05) is 6.54 Å². The minimum absolute atomic E-state index is 0.00955. The number of sulfonamides is 1. The van der Waals surface area contributed by atoms with Gasteiger partial charge in [0.05, 0.1) is 16.2 Å². The van der Waals surface area contributed by atoms with Gasteiger partial charge in [0.15, 0.2) is 0 Å². The number of nitrogens with zero attached hydrogens (tertiary/aromatic N) is 1. The van der Waals surface area contributed by atoms with Gasteiger partial charge in [-0.3, -0.25) is 18.7 Å². The number of ether oxygens (including phenoxy) is 1. The molecule has 1 heterocycles. The minimum Gasteiger partial charge on any atom is -0.426 e. The molecule has 0 saturated carbocycles. The molecular weight excluding hydrogens is 504 g/mol. The summed E-state index contributed by atoms with van der Waals surface area (Å²) in [6, 6.07) is 20.8. The number of esters is 1. The molecule has 0 unspecified atom stereocenters. The number of rotatable bonds is 9. The number of fused-ring (bicyclic) bond motifs is 1. The van der Waals surface area contributed by atoms with E-state index in [1.807, 2.05) is 6.92 Å². The maximum absolute atomic E-state index is 13.9. The Labute approximate surface area is 222 Å². The molecule has 1 aliphatic heterocycles. The second-order valence-electron chi connectivity index (χ2n) is 8.74. The van der Waals surface area contributed by atoms with E-state index in [1.54, 1.807) is 60.7 Å². The van der Waals surface area contributed by atoms with E-state index in [9.17, 15) is 22.8 Å². The van der Waals surface area contributed by atoms with E-state index in [-0.39, 0.29) is 45.3 Å². The van der Waals surface area contributed by atoms with Crippen LogP contribution in [0.15, 0.2) is 89.5 Å². The molecule has 9 heteroatoms. The lowest BCUT2D eigenvalue weighted by molar-refractivity contribution is -0.131. The molecule has 0 radical (unpaired) electrons. The second-order valence-corrected chi connectivity index (χ2v) is 10.6. The molecule has 1 N–H and O–H groups in total. The normalized spacial score (nSPS) is 14.0. The summed E-state index contributed by atoms with van der Waals surface area (Å²) in [5.41, 5.74) is 0.486. The first-order valence-electron chi connectivity index (χ1n) is 12.3. The fraction of sp³-hybridized carbons (Fsp3) is 0.207. The quantitative estimate of drug-likeness (QED) is 0.184. The fourth-order valence-corrected chi connectivity index (χ4v) is 6.01. The number of unbranched alkanes of at least 4 members (excludes halogenated alkanes) is 2. The molecule has 0 bridgehead atoms. The zero-order chi connectivity index (χ0) is 27.3. The minimum atomic E-state index is -4.09. The number of benzene rings is 3. The molecule has 0 aliphatic carbocycles. The number of carbonyl (C=O) groups excluding carboxylic acids is 3. The summed E-state index contributed by atoms with van der Waals surface area (Å²) >= 11 is 0. The molecule has 3 aromatic rings. The predicted molar refractivity (Wildman–Crippen MR) is 143 cm³/mol. The average Bonchev–Trinajstić information content (AvgIpc) is 2.91. The van der Waals surface area contributed by atoms with Crippen LogP contribution in [0.2, 0.25) is 0 Å². The van der Waals surface area contributed by atoms with Crippen LogP contribution >= 0.6 is 0 Å². The van der Waals surface area contributed by atoms with Crippen molar-refractivity contribution in [3.8, 4) is 5.75 Å². The smallest absolute Gasteiger partial charge is 0.308 e. The number of para-hydroxylation sites is 1. The van der Waals surface area contributed by atoms with Crippen molar-refractivity contribution in [2.24, 2.45) is 0 Å². The van der Waals surface area contributed by atoms with Crippen molar-refractivity contribution in [1.29, 1.82) is 0 Å². The van der Waals surface area contributed by atoms with Gasteiger partial charge in [-0.1, -0.05) is 80.4 Å². The highest BCUT2D eigenvalue weighted by Crippen LogP contribution is 2.37. The van der Waals surface area contributed by atoms with Crippen LogP contribution in [0.4, 0.5) is 0 Å². The van der Waals surface area contributed by atoms with Crippen LogP contribution in [0.3, 0.4) is 0 Å². The van der Waals surface area contributed by atoms with Gasteiger partial charge in [-0.05, 0) is 24.6 Å². The summed E-state index contributed by atoms with van der Waals surface area (Å²) in [5, 5.41) is 2.79. The zero-order valence-electron chi connectivity index (χ0n) is 21.1. The Hall–Kier alpha value is -4.24. The van der Waals surface area contributed by atoms with Gasteiger partial charge in [0.1, 0.15) is 11.4 Å². The lowest BCUT2D eigenvalue weighted by atomic mass is 10.0. The lowest BCUT2D eigenvalue weighted by Crippen LogP contribution is -2.41. The second kappa shape index (κ2) is 11.4. The molecule has 3 aromatic carbocycles. The SMILES string of the molecule is CCCCCN1C(C(=O)c2ccccc2)=C(NC(=O)c2ccccc2OC(C)=O)c2ccccc2S1(=O)=O. The van der Waals surface area contributed by atoms with Crippen molar-refractivity contribution < 1.29 is 27.5 Å². The summed E-state index contributed by atoms with van der Waals surface area (Å²) in [6.07, 6.45) is 2.14. The molecule has 1 amide bonds. The lowest BCUT2D eigenvalue weighted by Gasteiger charge is -2.34. The van der Waals surface area contributed by atoms with Crippen LogP contribution in [0.5, 0.6) is 5.75 Å². The average molecular weight is 533 g/mol. The first-order chi connectivity index (χ1) is 18.3. The van der Waals surface area contributed by atoms with Crippen LogP contribution in [-0.4, -0.2) is 36.9 Å². The highest BCUT2D eigenvalue weighted by atomic mass is 32.2. The highest BCUT2D eigenvalue weighted by Gasteiger charge is 2.40. The molecule has 8 nitrogen and oxygen atoms in total. The van der Waals surface area contributed by atoms with Crippen molar-refractivity contribution in [1.82, 2.24) is 9.62 Å². The predicted octanol–water partition coefficient (Wildman–Crippen LogP) is 4.79. The van der Waals surface area contributed by atoms with Crippen molar-refractivity contribution >= 4 is 33.4 Å². The van der Waals surface area contributed by atoms with Gasteiger partial charge in [0.25, 0.3) is 15.9 Å². The number of ketones is 1. The van der Waals surface area contributed by atoms with Gasteiger partial charge in [-0.2, -0.15) is 0 Å². The standard InChI is InChI=1S/C29H28N2O6S/c1-3-4-12-19-31-27(28(33)21-13-6-5-7-14-21)26(23-16-9-11-18-25(23)38(31,35)36)30-29(34)22-15-8-10-17-24(22)37-20(2)32/h5-11,13-18H,3-4,12,19H2,1-2H3,(H,30,34). The maximum atomic E-state index is 13.9. The van der Waals surface area contributed by atoms with E-state index in [0.29, 0.717) is 6.42 Å². The van der Waals surface area contributed by atoms with Crippen LogP contribution in [0.25, 0.3) is 5.70 Å². The molecule has 4 rings (SSSR count). The van der Waals surface area contributed by atoms with Gasteiger partial charge in [-0.15, -0.1) is 0 Å². The van der Waals surface area contributed by atoms with Crippen molar-refractivity contribution in [3.63, 3.8) is 0 Å². The molecule has 38 heavy (non-hydrogen) atoms. The van der Waals surface area contributed by atoms with Gasteiger partial charge < -0.3 is 10.1 Å². The van der Waals surface area contributed by atoms with Crippen molar-refractivity contribution in [2.45, 2.75) is 38.0 Å². The summed E-state index contributed by atoms with van der Waals surface area (Å²) in [5.74, 6) is -1.74. The molecular formula is C29H28N2O6S. The summed E-state index contributed by atoms with van der Waals surface area (Å²) in [6.45, 7) is 3.30. The largest absolute Gasteiger partial charge is 0.426 e. The Morgan fingerprint density at radius 1 is 0.868 bits per heavy atom. The van der Waals surface area contributed by atoms with E-state index >= 15 is 0 Å². The number of amides is 1. The Balaban J connectivity index is 1.92. The number of hydrogen-bond acceptors (Lipinski definition) is 6. The van der Waals surface area contributed by atoms with E-state index < -0.39 is 27.7 Å². The Morgan fingerprint density at radius 2 is 1.53 bits per heavy atom. The van der Waals surface area contributed by atoms with Gasteiger partial charge in [0.2, 0.25) is 5.78 Å². The van der Waals surface area contributed by atoms with E-state index in [2.05, 4.69) is 5.32 Å². The van der Waals surface area contributed by atoms with Gasteiger partial charge in [0, 0.05) is 24.6 Å². The van der Waals surface area contributed by atoms with Crippen LogP contribution in [0.1, 0.15) is 59.4 Å². The fourth-order valence-electron chi connectivity index (χ4n) is 4.29. The van der Waals surface area contributed by atoms with Crippen molar-refractivity contribution in [3.05, 3.63) is 101 Å². The number of carbonyl (C=O) groups is 3. The summed E-state index contributed by atoms with van der Waals surface area (Å²) in [7, 11) is -4.09. The first-order valence-corrected chi connectivity index (χ1v) is 13.7. The third-order valence-corrected chi connectivity index (χ3v) is 7.91. The van der Waals surface area contributed by atoms with E-state index in [0.717, 1.165) is 17.1 Å². The molecule has 0 spiro atoms. The zero-order valence-corrected chi connectivity index (χ0v) is 22.0. The Kier molecular flexibility index (Phi) is 8.07. The van der Waals surface area contributed by atoms with Crippen LogP contribution in [0, 0.1) is 0 Å². The highest BCUT2D eigenvalue weighted by molar-refractivity contribution is 7.89. The van der Waals surface area contributed by atoms with Gasteiger partial charge >= 0.3 is 5.97 Å². The molecule has 0 aromatic heterocycles. The number of Topliss-reactive ketones (excluding diaryl/α,β-unsaturated/α-hetero) is 1. The molecule has 0 atom stereocenters. The molecule has 1 aliphatic rings. The monoisotopic (exact) mass is 532 g/mol. The molecule has 0 fully saturated rings. The summed E-state index contributed by atoms with van der Waals surface area (Å²) in [4.78, 5) is 39.0. The molecule has 196 valence electrons. The van der Waals surface area contributed by atoms with E-state index in [1.165, 1.54) is 25.1 Å². The maximum Gasteiger partial charge on any atom is 0.308 e. The molecule has 0 saturated heterocycles. The summed E-state index contributed by atoms with van der Waals surface area (Å²) < 4.78 is 33.9. The van der Waals surface area contributed by atoms with Gasteiger partial charge in [-0.25, -0.2) is 8.42 Å².